The fourth-order valence-electron chi connectivity index (χ4n) is 2.62. The van der Waals surface area contributed by atoms with Crippen LogP contribution in [0.2, 0.25) is 0 Å². The van der Waals surface area contributed by atoms with Crippen LogP contribution in [0.1, 0.15) is 51.5 Å². The van der Waals surface area contributed by atoms with Crippen LogP contribution >= 0.6 is 0 Å². The van der Waals surface area contributed by atoms with Crippen molar-refractivity contribution in [2.24, 2.45) is 0 Å². The van der Waals surface area contributed by atoms with Crippen LogP contribution in [-0.4, -0.2) is 35.0 Å². The number of hydrogen-bond donors (Lipinski definition) is 3. The fourth-order valence-corrected chi connectivity index (χ4v) is 2.62. The molecule has 0 fully saturated rings. The Morgan fingerprint density at radius 2 is 1.69 bits per heavy atom. The number of nitrogens with one attached hydrogen (secondary N) is 2. The van der Waals surface area contributed by atoms with Crippen LogP contribution in [0.15, 0.2) is 24.3 Å². The number of carboxylic acids is 1. The highest BCUT2D eigenvalue weighted by Crippen LogP contribution is 2.09. The van der Waals surface area contributed by atoms with Gasteiger partial charge in [0.15, 0.2) is 0 Å². The first-order valence-electron chi connectivity index (χ1n) is 8.88. The Morgan fingerprint density at radius 1 is 1.04 bits per heavy atom. The van der Waals surface area contributed by atoms with Gasteiger partial charge in [-0.3, -0.25) is 9.59 Å². The van der Waals surface area contributed by atoms with Crippen molar-refractivity contribution < 1.29 is 23.9 Å². The van der Waals surface area contributed by atoms with E-state index in [2.05, 4.69) is 17.6 Å². The summed E-state index contributed by atoms with van der Waals surface area (Å²) in [5, 5.41) is 14.3. The maximum Gasteiger partial charge on any atom is 0.326 e. The summed E-state index contributed by atoms with van der Waals surface area (Å²) in [6.07, 6.45) is 4.14. The number of halogens is 1. The minimum Gasteiger partial charge on any atom is -0.480 e. The van der Waals surface area contributed by atoms with Crippen molar-refractivity contribution in [2.45, 2.75) is 64.5 Å². The summed E-state index contributed by atoms with van der Waals surface area (Å²) < 4.78 is 13.0. The summed E-state index contributed by atoms with van der Waals surface area (Å²) in [5.74, 6) is -2.46. The van der Waals surface area contributed by atoms with Gasteiger partial charge in [-0.25, -0.2) is 9.18 Å². The highest BCUT2D eigenvalue weighted by Gasteiger charge is 2.25. The average Bonchev–Trinajstić information content (AvgIpc) is 2.58. The zero-order valence-corrected chi connectivity index (χ0v) is 15.3. The van der Waals surface area contributed by atoms with Crippen LogP contribution < -0.4 is 10.6 Å². The summed E-state index contributed by atoms with van der Waals surface area (Å²) in [4.78, 5) is 35.3. The highest BCUT2D eigenvalue weighted by atomic mass is 19.1. The number of unbranched alkanes of at least 4 members (excludes halogenated alkanes) is 3. The summed E-state index contributed by atoms with van der Waals surface area (Å²) in [6, 6.07) is 3.67. The maximum absolute atomic E-state index is 13.0. The van der Waals surface area contributed by atoms with Crippen LogP contribution in [0.4, 0.5) is 4.39 Å². The van der Waals surface area contributed by atoms with Gasteiger partial charge < -0.3 is 15.7 Å². The number of carbonyl (C=O) groups is 3. The normalized spacial score (nSPS) is 12.9. The van der Waals surface area contributed by atoms with Gasteiger partial charge in [0.25, 0.3) is 0 Å². The molecule has 0 aromatic heterocycles. The Labute approximate surface area is 153 Å². The molecule has 0 spiro atoms. The van der Waals surface area contributed by atoms with Crippen molar-refractivity contribution in [1.82, 2.24) is 10.6 Å². The van der Waals surface area contributed by atoms with Crippen molar-refractivity contribution in [3.8, 4) is 0 Å². The SMILES string of the molecule is CCCCCC[C@@H](NC(=O)[C@@H](Cc1ccc(F)cc1)NC(C)=O)C(=O)O. The lowest BCUT2D eigenvalue weighted by molar-refractivity contribution is -0.142. The topological polar surface area (TPSA) is 95.5 Å². The van der Waals surface area contributed by atoms with E-state index in [1.54, 1.807) is 0 Å². The standard InChI is InChI=1S/C19H27FN2O4/c1-3-4-5-6-7-16(19(25)26)22-18(24)17(21-13(2)23)12-14-8-10-15(20)11-9-14/h8-11,16-17H,3-7,12H2,1-2H3,(H,21,23)(H,22,24)(H,25,26)/t16-,17-/m1/s1. The quantitative estimate of drug-likeness (QED) is 0.524. The van der Waals surface area contributed by atoms with Gasteiger partial charge in [-0.15, -0.1) is 0 Å². The number of hydrogen-bond acceptors (Lipinski definition) is 3. The smallest absolute Gasteiger partial charge is 0.326 e. The molecule has 0 saturated heterocycles. The lowest BCUT2D eigenvalue weighted by Crippen LogP contribution is -2.52. The third kappa shape index (κ3) is 8.09. The monoisotopic (exact) mass is 366 g/mol. The largest absolute Gasteiger partial charge is 0.480 e. The molecule has 0 saturated carbocycles. The Bertz CT molecular complexity index is 604. The van der Waals surface area contributed by atoms with E-state index in [4.69, 9.17) is 0 Å². The van der Waals surface area contributed by atoms with Gasteiger partial charge in [-0.05, 0) is 24.1 Å². The third-order valence-electron chi connectivity index (χ3n) is 4.01. The second-order valence-electron chi connectivity index (χ2n) is 6.33. The van der Waals surface area contributed by atoms with Gasteiger partial charge in [0.05, 0.1) is 0 Å². The molecule has 1 rings (SSSR count). The maximum atomic E-state index is 13.0. The fraction of sp³-hybridized carbons (Fsp3) is 0.526. The average molecular weight is 366 g/mol. The minimum absolute atomic E-state index is 0.147. The summed E-state index contributed by atoms with van der Waals surface area (Å²) in [6.45, 7) is 3.34. The molecule has 0 aliphatic rings. The molecule has 0 unspecified atom stereocenters. The first kappa shape index (κ1) is 21.6. The van der Waals surface area contributed by atoms with Crippen molar-refractivity contribution in [3.63, 3.8) is 0 Å². The van der Waals surface area contributed by atoms with Gasteiger partial charge in [0, 0.05) is 13.3 Å². The summed E-state index contributed by atoms with van der Waals surface area (Å²) >= 11 is 0. The van der Waals surface area contributed by atoms with E-state index in [9.17, 15) is 23.9 Å². The van der Waals surface area contributed by atoms with Crippen LogP contribution in [-0.2, 0) is 20.8 Å². The van der Waals surface area contributed by atoms with Crippen molar-refractivity contribution in [2.75, 3.05) is 0 Å². The zero-order valence-electron chi connectivity index (χ0n) is 15.3. The second-order valence-corrected chi connectivity index (χ2v) is 6.33. The van der Waals surface area contributed by atoms with Crippen LogP contribution in [0.3, 0.4) is 0 Å². The molecule has 0 aliphatic heterocycles. The molecule has 0 heterocycles. The number of amides is 2. The van der Waals surface area contributed by atoms with Crippen molar-refractivity contribution in [1.29, 1.82) is 0 Å². The molecular formula is C19H27FN2O4. The number of benzene rings is 1. The third-order valence-corrected chi connectivity index (χ3v) is 4.01. The van der Waals surface area contributed by atoms with E-state index in [1.807, 2.05) is 0 Å². The van der Waals surface area contributed by atoms with Crippen molar-refractivity contribution >= 4 is 17.8 Å². The molecule has 2 atom stereocenters. The van der Waals surface area contributed by atoms with Crippen LogP contribution in [0.5, 0.6) is 0 Å². The zero-order chi connectivity index (χ0) is 19.5. The van der Waals surface area contributed by atoms with Gasteiger partial charge in [0.2, 0.25) is 11.8 Å². The Kier molecular flexibility index (Phi) is 9.33. The Hall–Kier alpha value is -2.44. The van der Waals surface area contributed by atoms with E-state index in [0.29, 0.717) is 18.4 Å². The highest BCUT2D eigenvalue weighted by molar-refractivity contribution is 5.90. The predicted molar refractivity (Wildman–Crippen MR) is 96.0 cm³/mol. The van der Waals surface area contributed by atoms with E-state index < -0.39 is 35.7 Å². The van der Waals surface area contributed by atoms with Crippen LogP contribution in [0, 0.1) is 5.82 Å². The van der Waals surface area contributed by atoms with E-state index in [-0.39, 0.29) is 6.42 Å². The molecule has 2 amide bonds. The molecule has 26 heavy (non-hydrogen) atoms. The predicted octanol–water partition coefficient (Wildman–Crippen LogP) is 2.41. The molecule has 0 radical (unpaired) electrons. The summed E-state index contributed by atoms with van der Waals surface area (Å²) in [7, 11) is 0. The van der Waals surface area contributed by atoms with Gasteiger partial charge in [-0.1, -0.05) is 44.7 Å². The molecule has 7 heteroatoms. The first-order valence-corrected chi connectivity index (χ1v) is 8.88. The van der Waals surface area contributed by atoms with Crippen molar-refractivity contribution in [3.05, 3.63) is 35.6 Å². The molecule has 0 bridgehead atoms. The molecule has 6 nitrogen and oxygen atoms in total. The number of carboxylic acid groups (broad SMARTS) is 1. The molecule has 1 aromatic rings. The Morgan fingerprint density at radius 3 is 2.23 bits per heavy atom. The Balaban J connectivity index is 2.74. The second kappa shape index (κ2) is 11.2. The lowest BCUT2D eigenvalue weighted by atomic mass is 10.0. The van der Waals surface area contributed by atoms with Crippen LogP contribution in [0.25, 0.3) is 0 Å². The molecule has 3 N–H and O–H groups in total. The van der Waals surface area contributed by atoms with E-state index >= 15 is 0 Å². The van der Waals surface area contributed by atoms with Gasteiger partial charge in [0.1, 0.15) is 17.9 Å². The molecule has 0 aliphatic carbocycles. The summed E-state index contributed by atoms with van der Waals surface area (Å²) in [5.41, 5.74) is 0.662. The first-order chi connectivity index (χ1) is 12.3. The molecule has 1 aromatic carbocycles. The number of rotatable bonds is 11. The van der Waals surface area contributed by atoms with Gasteiger partial charge in [-0.2, -0.15) is 0 Å². The molecular weight excluding hydrogens is 339 g/mol. The minimum atomic E-state index is -1.10. The number of aliphatic carboxylic acids is 1. The van der Waals surface area contributed by atoms with Gasteiger partial charge >= 0.3 is 5.97 Å². The van der Waals surface area contributed by atoms with E-state index in [0.717, 1.165) is 19.3 Å². The molecule has 144 valence electrons. The lowest BCUT2D eigenvalue weighted by Gasteiger charge is -2.21. The van der Waals surface area contributed by atoms with E-state index in [1.165, 1.54) is 31.2 Å². The number of carbonyl (C=O) groups excluding carboxylic acids is 2.